The molecule has 0 radical (unpaired) electrons. The third-order valence-electron chi connectivity index (χ3n) is 5.75. The molecule has 0 fully saturated rings. The summed E-state index contributed by atoms with van der Waals surface area (Å²) >= 11 is 12.0. The second kappa shape index (κ2) is 13.3. The van der Waals surface area contributed by atoms with Crippen LogP contribution in [0.25, 0.3) is 0 Å². The average molecular weight is 440 g/mol. The van der Waals surface area contributed by atoms with Gasteiger partial charge in [0.1, 0.15) is 0 Å². The number of fused-ring (bicyclic) bond motifs is 1. The van der Waals surface area contributed by atoms with Crippen LogP contribution in [0, 0.1) is 0 Å². The maximum atomic E-state index is 12.4. The zero-order chi connectivity index (χ0) is 21.1. The molecule has 1 aromatic carbocycles. The lowest BCUT2D eigenvalue weighted by Gasteiger charge is -2.13. The Labute approximate surface area is 186 Å². The van der Waals surface area contributed by atoms with Crippen molar-refractivity contribution in [1.29, 1.82) is 0 Å². The summed E-state index contributed by atoms with van der Waals surface area (Å²) in [6.45, 7) is 2.73. The highest BCUT2D eigenvalue weighted by atomic mass is 35.5. The van der Waals surface area contributed by atoms with Gasteiger partial charge in [0, 0.05) is 6.54 Å². The number of carbonyl (C=O) groups excluding carboxylic acids is 2. The predicted octanol–water partition coefficient (Wildman–Crippen LogP) is 8.07. The summed E-state index contributed by atoms with van der Waals surface area (Å²) in [6.07, 6.45) is 18.0. The van der Waals surface area contributed by atoms with Crippen molar-refractivity contribution < 1.29 is 9.59 Å². The molecule has 0 aliphatic carbocycles. The van der Waals surface area contributed by atoms with Crippen LogP contribution >= 0.6 is 23.2 Å². The van der Waals surface area contributed by atoms with Crippen molar-refractivity contribution in [1.82, 2.24) is 4.90 Å². The van der Waals surface area contributed by atoms with Gasteiger partial charge in [-0.1, -0.05) is 114 Å². The van der Waals surface area contributed by atoms with Gasteiger partial charge in [0.15, 0.2) is 0 Å². The van der Waals surface area contributed by atoms with Crippen molar-refractivity contribution in [3.8, 4) is 0 Å². The van der Waals surface area contributed by atoms with Crippen LogP contribution < -0.4 is 0 Å². The molecule has 1 aromatic rings. The Hall–Kier alpha value is -1.06. The molecule has 0 N–H and O–H groups in total. The van der Waals surface area contributed by atoms with E-state index in [0.29, 0.717) is 27.7 Å². The highest BCUT2D eigenvalue weighted by Crippen LogP contribution is 2.31. The van der Waals surface area contributed by atoms with E-state index in [1.165, 1.54) is 87.7 Å². The molecule has 0 bridgehead atoms. The van der Waals surface area contributed by atoms with Crippen molar-refractivity contribution in [3.05, 3.63) is 33.3 Å². The Kier molecular flexibility index (Phi) is 11.1. The number of benzene rings is 1. The predicted molar refractivity (Wildman–Crippen MR) is 122 cm³/mol. The van der Waals surface area contributed by atoms with E-state index < -0.39 is 0 Å². The number of imide groups is 1. The van der Waals surface area contributed by atoms with Crippen LogP contribution in [0.1, 0.15) is 118 Å². The van der Waals surface area contributed by atoms with E-state index in [1.807, 2.05) is 0 Å². The summed E-state index contributed by atoms with van der Waals surface area (Å²) in [5.74, 6) is -0.503. The van der Waals surface area contributed by atoms with E-state index >= 15 is 0 Å². The number of carbonyl (C=O) groups is 2. The van der Waals surface area contributed by atoms with Gasteiger partial charge in [-0.2, -0.15) is 0 Å². The monoisotopic (exact) mass is 439 g/mol. The fourth-order valence-electron chi connectivity index (χ4n) is 3.95. The molecule has 29 heavy (non-hydrogen) atoms. The van der Waals surface area contributed by atoms with Crippen molar-refractivity contribution in [3.63, 3.8) is 0 Å². The quantitative estimate of drug-likeness (QED) is 0.204. The maximum absolute atomic E-state index is 12.4. The van der Waals surface area contributed by atoms with Gasteiger partial charge >= 0.3 is 0 Å². The molecule has 3 nitrogen and oxygen atoms in total. The summed E-state index contributed by atoms with van der Waals surface area (Å²) in [7, 11) is 0. The fraction of sp³-hybridized carbons (Fsp3) is 0.667. The normalized spacial score (nSPS) is 13.4. The van der Waals surface area contributed by atoms with Crippen LogP contribution in [-0.2, 0) is 0 Å². The lowest BCUT2D eigenvalue weighted by molar-refractivity contribution is 0.0651. The molecule has 1 heterocycles. The van der Waals surface area contributed by atoms with Crippen molar-refractivity contribution >= 4 is 35.0 Å². The Morgan fingerprint density at radius 2 is 0.966 bits per heavy atom. The van der Waals surface area contributed by atoms with Crippen LogP contribution in [0.3, 0.4) is 0 Å². The summed E-state index contributed by atoms with van der Waals surface area (Å²) in [4.78, 5) is 26.2. The molecule has 2 rings (SSSR count). The zero-order valence-electron chi connectivity index (χ0n) is 17.8. The molecule has 0 aromatic heterocycles. The number of amides is 2. The number of unbranched alkanes of at least 4 members (excludes halogenated alkanes) is 13. The number of nitrogens with zero attached hydrogens (tertiary/aromatic N) is 1. The van der Waals surface area contributed by atoms with Gasteiger partial charge in [0.2, 0.25) is 0 Å². The van der Waals surface area contributed by atoms with Crippen molar-refractivity contribution in [2.24, 2.45) is 0 Å². The summed E-state index contributed by atoms with van der Waals surface area (Å²) in [5, 5.41) is 0.620. The molecule has 0 atom stereocenters. The molecule has 162 valence electrons. The largest absolute Gasteiger partial charge is 0.274 e. The number of hydrogen-bond acceptors (Lipinski definition) is 2. The smallest absolute Gasteiger partial charge is 0.261 e. The number of rotatable bonds is 15. The van der Waals surface area contributed by atoms with E-state index in [9.17, 15) is 9.59 Å². The summed E-state index contributed by atoms with van der Waals surface area (Å²) in [6, 6.07) is 3.01. The van der Waals surface area contributed by atoms with Crippen LogP contribution in [0.4, 0.5) is 0 Å². The van der Waals surface area contributed by atoms with Crippen LogP contribution in [0.5, 0.6) is 0 Å². The molecule has 0 spiro atoms. The SMILES string of the molecule is CCCCCCCCCCCCCCCCN1C(=O)c2cc(Cl)c(Cl)cc2C1=O. The minimum atomic E-state index is -0.252. The molecular weight excluding hydrogens is 405 g/mol. The number of halogens is 2. The molecule has 0 saturated carbocycles. The maximum Gasteiger partial charge on any atom is 0.261 e. The van der Waals surface area contributed by atoms with E-state index in [4.69, 9.17) is 23.2 Å². The Morgan fingerprint density at radius 1 is 0.621 bits per heavy atom. The van der Waals surface area contributed by atoms with Crippen LogP contribution in [-0.4, -0.2) is 23.3 Å². The summed E-state index contributed by atoms with van der Waals surface area (Å²) in [5.41, 5.74) is 0.740. The highest BCUT2D eigenvalue weighted by Gasteiger charge is 2.35. The first-order valence-corrected chi connectivity index (χ1v) is 12.2. The standard InChI is InChI=1S/C24H35Cl2NO2/c1-2-3-4-5-6-7-8-9-10-11-12-13-14-15-16-27-23(28)19-17-21(25)22(26)18-20(19)24(27)29/h17-18H,2-16H2,1H3. The highest BCUT2D eigenvalue weighted by molar-refractivity contribution is 6.43. The first-order valence-electron chi connectivity index (χ1n) is 11.4. The van der Waals surface area contributed by atoms with Crippen molar-refractivity contribution in [2.75, 3.05) is 6.54 Å². The molecular formula is C24H35Cl2NO2. The van der Waals surface area contributed by atoms with E-state index in [1.54, 1.807) is 0 Å². The van der Waals surface area contributed by atoms with Crippen LogP contribution in [0.2, 0.25) is 10.0 Å². The van der Waals surface area contributed by atoms with Gasteiger partial charge in [0.25, 0.3) is 11.8 Å². The van der Waals surface area contributed by atoms with Crippen molar-refractivity contribution in [2.45, 2.75) is 96.8 Å². The van der Waals surface area contributed by atoms with Gasteiger partial charge < -0.3 is 0 Å². The number of hydrogen-bond donors (Lipinski definition) is 0. The van der Waals surface area contributed by atoms with Gasteiger partial charge in [0.05, 0.1) is 21.2 Å². The molecule has 0 saturated heterocycles. The molecule has 2 amide bonds. The van der Waals surface area contributed by atoms with Crippen LogP contribution in [0.15, 0.2) is 12.1 Å². The Balaban J connectivity index is 1.50. The van der Waals surface area contributed by atoms with Gasteiger partial charge in [-0.3, -0.25) is 14.5 Å². The minimum absolute atomic E-state index is 0.252. The molecule has 5 heteroatoms. The first-order chi connectivity index (χ1) is 14.1. The molecule has 0 unspecified atom stereocenters. The topological polar surface area (TPSA) is 37.4 Å². The van der Waals surface area contributed by atoms with E-state index in [0.717, 1.165) is 19.3 Å². The minimum Gasteiger partial charge on any atom is -0.274 e. The Bertz CT molecular complexity index is 634. The van der Waals surface area contributed by atoms with Gasteiger partial charge in [-0.25, -0.2) is 0 Å². The lowest BCUT2D eigenvalue weighted by atomic mass is 10.0. The van der Waals surface area contributed by atoms with Gasteiger partial charge in [-0.05, 0) is 18.6 Å². The fourth-order valence-corrected chi connectivity index (χ4v) is 4.28. The average Bonchev–Trinajstić information content (AvgIpc) is 2.92. The van der Waals surface area contributed by atoms with E-state index in [2.05, 4.69) is 6.92 Å². The summed E-state index contributed by atoms with van der Waals surface area (Å²) < 4.78 is 0. The molecule has 1 aliphatic heterocycles. The molecule has 1 aliphatic rings. The first kappa shape index (κ1) is 24.2. The van der Waals surface area contributed by atoms with E-state index in [-0.39, 0.29) is 11.8 Å². The second-order valence-electron chi connectivity index (χ2n) is 8.17. The third-order valence-corrected chi connectivity index (χ3v) is 6.47. The zero-order valence-corrected chi connectivity index (χ0v) is 19.3. The second-order valence-corrected chi connectivity index (χ2v) is 8.98. The van der Waals surface area contributed by atoms with Gasteiger partial charge in [-0.15, -0.1) is 0 Å². The third kappa shape index (κ3) is 7.61. The Morgan fingerprint density at radius 3 is 1.34 bits per heavy atom. The lowest BCUT2D eigenvalue weighted by Crippen LogP contribution is -2.30.